The van der Waals surface area contributed by atoms with Gasteiger partial charge >= 0.3 is 0 Å². The smallest absolute Gasteiger partial charge is 0.175 e. The Kier molecular flexibility index (Phi) is 6.00. The number of rotatable bonds is 5. The predicted octanol–water partition coefficient (Wildman–Crippen LogP) is 0.358. The van der Waals surface area contributed by atoms with Crippen LogP contribution in [-0.4, -0.2) is 64.6 Å². The van der Waals surface area contributed by atoms with Crippen molar-refractivity contribution in [2.24, 2.45) is 4.99 Å². The number of amidine groups is 1. The molecule has 0 radical (unpaired) electrons. The molecular weight excluding hydrogens is 360 g/mol. The molecule has 3 N–H and O–H groups in total. The first kappa shape index (κ1) is 18.7. The van der Waals surface area contributed by atoms with Gasteiger partial charge in [0.15, 0.2) is 9.84 Å². The largest absolute Gasteiger partial charge is 0.364 e. The molecule has 2 saturated heterocycles. The Labute approximate surface area is 152 Å². The Balaban J connectivity index is 1.73. The Morgan fingerprint density at radius 3 is 2.68 bits per heavy atom. The van der Waals surface area contributed by atoms with Gasteiger partial charge in [-0.25, -0.2) is 8.42 Å². The molecule has 3 rings (SSSR count). The summed E-state index contributed by atoms with van der Waals surface area (Å²) >= 11 is 1.89. The molecule has 0 spiro atoms. The van der Waals surface area contributed by atoms with Gasteiger partial charge in [0.05, 0.1) is 24.0 Å². The summed E-state index contributed by atoms with van der Waals surface area (Å²) in [5.74, 6) is 1.89. The minimum Gasteiger partial charge on any atom is -0.364 e. The summed E-state index contributed by atoms with van der Waals surface area (Å²) in [5.41, 5.74) is 0.955. The molecule has 0 bridgehead atoms. The molecule has 0 aromatic heterocycles. The molecule has 2 aliphatic heterocycles. The van der Waals surface area contributed by atoms with Crippen LogP contribution >= 0.6 is 11.8 Å². The number of nitrogens with one attached hydrogen (secondary N) is 3. The third-order valence-electron chi connectivity index (χ3n) is 4.30. The maximum absolute atomic E-state index is 11.6. The molecule has 2 heterocycles. The van der Waals surface area contributed by atoms with Crippen molar-refractivity contribution in [3.05, 3.63) is 29.8 Å². The second-order valence-corrected chi connectivity index (χ2v) is 9.48. The first-order valence-electron chi connectivity index (χ1n) is 8.16. The molecule has 2 aliphatic rings. The first-order chi connectivity index (χ1) is 12.0. The molecule has 0 saturated carbocycles. The van der Waals surface area contributed by atoms with Crippen molar-refractivity contribution in [1.29, 1.82) is 0 Å². The molecule has 9 heteroatoms. The molecule has 25 heavy (non-hydrogen) atoms. The Hall–Kier alpha value is -1.13. The van der Waals surface area contributed by atoms with E-state index >= 15 is 0 Å². The van der Waals surface area contributed by atoms with Gasteiger partial charge in [0.1, 0.15) is 12.1 Å². The number of piperazine rings is 1. The summed E-state index contributed by atoms with van der Waals surface area (Å²) in [4.78, 5) is 5.01. The molecule has 0 aliphatic carbocycles. The number of sulfone groups is 1. The van der Waals surface area contributed by atoms with Crippen molar-refractivity contribution in [3.63, 3.8) is 0 Å². The molecule has 138 valence electrons. The van der Waals surface area contributed by atoms with Crippen LogP contribution < -0.4 is 16.0 Å². The van der Waals surface area contributed by atoms with Gasteiger partial charge in [0, 0.05) is 31.0 Å². The number of benzene rings is 1. The Morgan fingerprint density at radius 1 is 1.32 bits per heavy atom. The topological polar surface area (TPSA) is 91.8 Å². The van der Waals surface area contributed by atoms with Crippen molar-refractivity contribution < 1.29 is 13.2 Å². The van der Waals surface area contributed by atoms with E-state index in [1.807, 2.05) is 23.9 Å². The molecule has 0 amide bonds. The maximum atomic E-state index is 11.6. The lowest BCUT2D eigenvalue weighted by atomic mass is 10.0. The summed E-state index contributed by atoms with van der Waals surface area (Å²) in [7, 11) is -1.54. The van der Waals surface area contributed by atoms with Gasteiger partial charge in [-0.05, 0) is 17.7 Å². The van der Waals surface area contributed by atoms with Gasteiger partial charge < -0.3 is 15.4 Å². The Morgan fingerprint density at radius 2 is 2.08 bits per heavy atom. The van der Waals surface area contributed by atoms with E-state index in [-0.39, 0.29) is 12.3 Å². The second kappa shape index (κ2) is 8.05. The van der Waals surface area contributed by atoms with Gasteiger partial charge in [0.25, 0.3) is 0 Å². The normalized spacial score (nSPS) is 28.9. The summed E-state index contributed by atoms with van der Waals surface area (Å²) < 4.78 is 28.8. The minimum atomic E-state index is -3.20. The van der Waals surface area contributed by atoms with Crippen molar-refractivity contribution in [2.45, 2.75) is 22.4 Å². The van der Waals surface area contributed by atoms with Crippen molar-refractivity contribution in [3.8, 4) is 0 Å². The van der Waals surface area contributed by atoms with Gasteiger partial charge in [0.2, 0.25) is 0 Å². The van der Waals surface area contributed by atoms with Crippen LogP contribution in [0.15, 0.2) is 34.2 Å². The monoisotopic (exact) mass is 384 g/mol. The van der Waals surface area contributed by atoms with Crippen LogP contribution in [0.5, 0.6) is 0 Å². The van der Waals surface area contributed by atoms with Crippen LogP contribution in [0.2, 0.25) is 0 Å². The van der Waals surface area contributed by atoms with E-state index < -0.39 is 9.84 Å². The minimum absolute atomic E-state index is 0.125. The van der Waals surface area contributed by atoms with Crippen molar-refractivity contribution in [2.75, 3.05) is 38.9 Å². The first-order valence-corrected chi connectivity index (χ1v) is 11.1. The van der Waals surface area contributed by atoms with Crippen LogP contribution in [0, 0.1) is 0 Å². The van der Waals surface area contributed by atoms with Crippen LogP contribution in [-0.2, 0) is 14.6 Å². The highest BCUT2D eigenvalue weighted by Gasteiger charge is 2.29. The highest BCUT2D eigenvalue weighted by Crippen LogP contribution is 2.22. The van der Waals surface area contributed by atoms with E-state index in [1.165, 1.54) is 6.26 Å². The number of methoxy groups -OCH3 is 1. The fourth-order valence-electron chi connectivity index (χ4n) is 2.91. The average molecular weight is 385 g/mol. The van der Waals surface area contributed by atoms with Gasteiger partial charge in [-0.1, -0.05) is 12.1 Å². The second-order valence-electron chi connectivity index (χ2n) is 6.17. The molecular formula is C16H24N4O3S2. The number of thioether (sulfide) groups is 1. The SMILES string of the molecule is COC1NCC(=NCC2CNCS2)NC1c1ccc(S(C)(=O)=O)cc1. The van der Waals surface area contributed by atoms with E-state index in [0.717, 1.165) is 30.4 Å². The lowest BCUT2D eigenvalue weighted by Crippen LogP contribution is -2.54. The van der Waals surface area contributed by atoms with Crippen molar-refractivity contribution >= 4 is 27.4 Å². The number of hydrogen-bond acceptors (Lipinski definition) is 7. The lowest BCUT2D eigenvalue weighted by molar-refractivity contribution is 0.0431. The summed E-state index contributed by atoms with van der Waals surface area (Å²) in [6, 6.07) is 6.78. The third-order valence-corrected chi connectivity index (χ3v) is 6.58. The highest BCUT2D eigenvalue weighted by molar-refractivity contribution is 8.00. The Bertz CT molecular complexity index is 715. The molecule has 3 unspecified atom stereocenters. The number of nitrogens with zero attached hydrogens (tertiary/aromatic N) is 1. The standard InChI is InChI=1S/C16H24N4O3S2/c1-23-16-15(11-3-5-13(6-4-11)25(2,21)22)20-14(9-19-16)18-8-12-7-17-10-24-12/h3-6,12,15-17,19H,7-10H2,1-2H3,(H,18,20). The van der Waals surface area contributed by atoms with Gasteiger partial charge in [-0.3, -0.25) is 10.3 Å². The van der Waals surface area contributed by atoms with Gasteiger partial charge in [-0.2, -0.15) is 0 Å². The lowest BCUT2D eigenvalue weighted by Gasteiger charge is -2.34. The zero-order chi connectivity index (χ0) is 17.9. The van der Waals surface area contributed by atoms with Crippen LogP contribution in [0.4, 0.5) is 0 Å². The molecule has 2 fully saturated rings. The van der Waals surface area contributed by atoms with Crippen LogP contribution in [0.25, 0.3) is 0 Å². The van der Waals surface area contributed by atoms with E-state index in [0.29, 0.717) is 16.7 Å². The summed E-state index contributed by atoms with van der Waals surface area (Å²) in [5, 5.41) is 10.6. The maximum Gasteiger partial charge on any atom is 0.175 e. The molecule has 1 aromatic rings. The quantitative estimate of drug-likeness (QED) is 0.675. The number of aliphatic imine (C=N–C) groups is 1. The molecule has 3 atom stereocenters. The summed E-state index contributed by atoms with van der Waals surface area (Å²) in [6.45, 7) is 2.40. The number of ether oxygens (including phenoxy) is 1. The van der Waals surface area contributed by atoms with E-state index in [4.69, 9.17) is 9.73 Å². The fourth-order valence-corrected chi connectivity index (χ4v) is 4.43. The predicted molar refractivity (Wildman–Crippen MR) is 101 cm³/mol. The fraction of sp³-hybridized carbons (Fsp3) is 0.562. The molecule has 1 aromatic carbocycles. The highest BCUT2D eigenvalue weighted by atomic mass is 32.2. The molecule has 7 nitrogen and oxygen atoms in total. The van der Waals surface area contributed by atoms with E-state index in [1.54, 1.807) is 19.2 Å². The third kappa shape index (κ3) is 4.73. The van der Waals surface area contributed by atoms with Crippen LogP contribution in [0.3, 0.4) is 0 Å². The van der Waals surface area contributed by atoms with E-state index in [2.05, 4.69) is 16.0 Å². The van der Waals surface area contributed by atoms with Crippen LogP contribution in [0.1, 0.15) is 11.6 Å². The van der Waals surface area contributed by atoms with Crippen molar-refractivity contribution in [1.82, 2.24) is 16.0 Å². The zero-order valence-corrected chi connectivity index (χ0v) is 16.0. The van der Waals surface area contributed by atoms with Gasteiger partial charge in [-0.15, -0.1) is 11.8 Å². The zero-order valence-electron chi connectivity index (χ0n) is 14.4. The number of hydrogen-bond donors (Lipinski definition) is 3. The summed E-state index contributed by atoms with van der Waals surface area (Å²) in [6.07, 6.45) is 1.01. The van der Waals surface area contributed by atoms with E-state index in [9.17, 15) is 8.42 Å². The average Bonchev–Trinajstić information content (AvgIpc) is 3.12.